The lowest BCUT2D eigenvalue weighted by molar-refractivity contribution is -0.0438. The van der Waals surface area contributed by atoms with Crippen molar-refractivity contribution in [1.82, 2.24) is 0 Å². The van der Waals surface area contributed by atoms with E-state index >= 15 is 0 Å². The lowest BCUT2D eigenvalue weighted by Gasteiger charge is -2.13. The van der Waals surface area contributed by atoms with Crippen molar-refractivity contribution in [3.63, 3.8) is 0 Å². The normalized spacial score (nSPS) is 14.2. The van der Waals surface area contributed by atoms with Gasteiger partial charge in [-0.1, -0.05) is 0 Å². The Morgan fingerprint density at radius 3 is 1.62 bits per heavy atom. The Morgan fingerprint density at radius 1 is 0.810 bits per heavy atom. The van der Waals surface area contributed by atoms with Crippen LogP contribution in [0.2, 0.25) is 0 Å². The van der Waals surface area contributed by atoms with Gasteiger partial charge in [0.2, 0.25) is 0 Å². The number of rotatable bonds is 2. The van der Waals surface area contributed by atoms with Gasteiger partial charge < -0.3 is 5.73 Å². The van der Waals surface area contributed by atoms with Gasteiger partial charge in [0.15, 0.2) is 0 Å². The maximum absolute atomic E-state index is 12.3. The summed E-state index contributed by atoms with van der Waals surface area (Å²) in [7, 11) is -12.1. The Bertz CT molecular complexity index is 763. The molecule has 0 bridgehead atoms. The fourth-order valence-corrected chi connectivity index (χ4v) is 2.94. The maximum Gasteiger partial charge on any atom is 0.501 e. The van der Waals surface area contributed by atoms with Crippen molar-refractivity contribution in [2.75, 3.05) is 5.73 Å². The molecule has 0 unspecified atom stereocenters. The summed E-state index contributed by atoms with van der Waals surface area (Å²) >= 11 is 0. The van der Waals surface area contributed by atoms with Crippen LogP contribution in [0.25, 0.3) is 0 Å². The summed E-state index contributed by atoms with van der Waals surface area (Å²) in [6.07, 6.45) is 0. The lowest BCUT2D eigenvalue weighted by Crippen LogP contribution is -2.26. The Kier molecular flexibility index (Phi) is 3.98. The molecule has 2 N–H and O–H groups in total. The minimum Gasteiger partial charge on any atom is -0.398 e. The zero-order valence-electron chi connectivity index (χ0n) is 9.53. The second-order valence-corrected chi connectivity index (χ2v) is 7.45. The molecule has 0 aliphatic heterocycles. The van der Waals surface area contributed by atoms with E-state index in [2.05, 4.69) is 0 Å². The van der Waals surface area contributed by atoms with Crippen LogP contribution in [0.5, 0.6) is 0 Å². The smallest absolute Gasteiger partial charge is 0.398 e. The number of sulfone groups is 2. The van der Waals surface area contributed by atoms with E-state index in [4.69, 9.17) is 5.73 Å². The first-order valence-corrected chi connectivity index (χ1v) is 7.61. The van der Waals surface area contributed by atoms with Gasteiger partial charge >= 0.3 is 11.0 Å². The number of hydrogen-bond acceptors (Lipinski definition) is 5. The molecule has 0 aliphatic carbocycles. The van der Waals surface area contributed by atoms with Crippen LogP contribution in [0.15, 0.2) is 28.0 Å². The molecule has 0 aliphatic rings. The first-order valence-electron chi connectivity index (χ1n) is 4.64. The van der Waals surface area contributed by atoms with Gasteiger partial charge in [0.25, 0.3) is 19.7 Å². The van der Waals surface area contributed by atoms with E-state index in [0.29, 0.717) is 6.07 Å². The van der Waals surface area contributed by atoms with Gasteiger partial charge in [0.05, 0.1) is 10.6 Å². The molecular formula is C8H5F6NO4S2. The highest BCUT2D eigenvalue weighted by Crippen LogP contribution is 2.37. The third-order valence-electron chi connectivity index (χ3n) is 2.19. The monoisotopic (exact) mass is 357 g/mol. The van der Waals surface area contributed by atoms with E-state index in [1.807, 2.05) is 0 Å². The van der Waals surface area contributed by atoms with E-state index in [0.717, 1.165) is 0 Å². The van der Waals surface area contributed by atoms with Crippen molar-refractivity contribution in [3.8, 4) is 0 Å². The van der Waals surface area contributed by atoms with Gasteiger partial charge in [-0.15, -0.1) is 0 Å². The van der Waals surface area contributed by atoms with Crippen LogP contribution in [-0.2, 0) is 19.7 Å². The van der Waals surface area contributed by atoms with Gasteiger partial charge in [-0.05, 0) is 18.2 Å². The zero-order valence-corrected chi connectivity index (χ0v) is 11.2. The zero-order chi connectivity index (χ0) is 16.9. The number of hydrogen-bond donors (Lipinski definition) is 1. The number of anilines is 1. The average Bonchev–Trinajstić information content (AvgIpc) is 2.25. The van der Waals surface area contributed by atoms with Crippen molar-refractivity contribution >= 4 is 25.4 Å². The highest BCUT2D eigenvalue weighted by atomic mass is 32.2. The molecule has 0 aromatic heterocycles. The van der Waals surface area contributed by atoms with Crippen LogP contribution in [0, 0.1) is 0 Å². The van der Waals surface area contributed by atoms with Gasteiger partial charge in [0, 0.05) is 0 Å². The maximum atomic E-state index is 12.3. The molecule has 21 heavy (non-hydrogen) atoms. The van der Waals surface area contributed by atoms with Gasteiger partial charge in [0.1, 0.15) is 4.90 Å². The first-order chi connectivity index (χ1) is 9.12. The van der Waals surface area contributed by atoms with Crippen LogP contribution in [0.1, 0.15) is 0 Å². The summed E-state index contributed by atoms with van der Waals surface area (Å²) in [4.78, 5) is -3.42. The molecule has 13 heteroatoms. The molecule has 5 nitrogen and oxygen atoms in total. The molecule has 0 spiro atoms. The van der Waals surface area contributed by atoms with Crippen molar-refractivity contribution < 1.29 is 43.2 Å². The molecule has 0 atom stereocenters. The van der Waals surface area contributed by atoms with E-state index in [9.17, 15) is 43.2 Å². The SMILES string of the molecule is Nc1ccc(S(=O)(=O)C(F)(F)F)cc1S(=O)(=O)C(F)(F)F. The number of alkyl halides is 6. The summed E-state index contributed by atoms with van der Waals surface area (Å²) in [5.41, 5.74) is -7.71. The summed E-state index contributed by atoms with van der Waals surface area (Å²) in [6.45, 7) is 0. The number of halogens is 6. The second-order valence-electron chi connectivity index (χ2n) is 3.60. The predicted molar refractivity (Wildman–Crippen MR) is 57.3 cm³/mol. The fraction of sp³-hybridized carbons (Fsp3) is 0.250. The lowest BCUT2D eigenvalue weighted by atomic mass is 10.3. The third-order valence-corrected chi connectivity index (χ3v) is 5.22. The minimum absolute atomic E-state index is 0.257. The molecule has 1 rings (SSSR count). The van der Waals surface area contributed by atoms with E-state index in [1.54, 1.807) is 0 Å². The van der Waals surface area contributed by atoms with E-state index < -0.39 is 46.2 Å². The Morgan fingerprint density at radius 2 is 1.24 bits per heavy atom. The largest absolute Gasteiger partial charge is 0.501 e. The number of nitrogen functional groups attached to an aromatic ring is 1. The Balaban J connectivity index is 3.67. The predicted octanol–water partition coefficient (Wildman–Crippen LogP) is 1.86. The van der Waals surface area contributed by atoms with Gasteiger partial charge in [-0.3, -0.25) is 0 Å². The molecule has 0 radical (unpaired) electrons. The topological polar surface area (TPSA) is 94.3 Å². The molecule has 0 heterocycles. The first kappa shape index (κ1) is 17.6. The number of benzene rings is 1. The van der Waals surface area contributed by atoms with Gasteiger partial charge in [-0.2, -0.15) is 26.3 Å². The highest BCUT2D eigenvalue weighted by Gasteiger charge is 2.50. The summed E-state index contributed by atoms with van der Waals surface area (Å²) in [5, 5.41) is 0. The molecule has 1 aromatic rings. The van der Waals surface area contributed by atoms with E-state index in [-0.39, 0.29) is 12.1 Å². The van der Waals surface area contributed by atoms with Crippen molar-refractivity contribution in [2.24, 2.45) is 0 Å². The molecule has 0 saturated heterocycles. The molecular weight excluding hydrogens is 352 g/mol. The van der Waals surface area contributed by atoms with Gasteiger partial charge in [-0.25, -0.2) is 16.8 Å². The Hall–Kier alpha value is -1.50. The van der Waals surface area contributed by atoms with Crippen LogP contribution in [0.4, 0.5) is 32.0 Å². The van der Waals surface area contributed by atoms with Crippen molar-refractivity contribution in [3.05, 3.63) is 18.2 Å². The molecule has 120 valence electrons. The second kappa shape index (κ2) is 4.76. The summed E-state index contributed by atoms with van der Waals surface area (Å²) in [5.74, 6) is 0. The standard InChI is InChI=1S/C8H5F6NO4S2/c9-7(10,11)20(16,17)4-1-2-5(15)6(3-4)21(18,19)8(12,13)14/h1-3H,15H2. The molecule has 1 aromatic carbocycles. The number of nitrogens with two attached hydrogens (primary N) is 1. The van der Waals surface area contributed by atoms with Crippen LogP contribution >= 0.6 is 0 Å². The molecule has 0 fully saturated rings. The van der Waals surface area contributed by atoms with Crippen LogP contribution in [0.3, 0.4) is 0 Å². The fourth-order valence-electron chi connectivity index (χ4n) is 1.17. The molecule has 0 saturated carbocycles. The highest BCUT2D eigenvalue weighted by molar-refractivity contribution is 7.93. The van der Waals surface area contributed by atoms with Crippen molar-refractivity contribution in [1.29, 1.82) is 0 Å². The van der Waals surface area contributed by atoms with E-state index in [1.165, 1.54) is 0 Å². The van der Waals surface area contributed by atoms with Crippen molar-refractivity contribution in [2.45, 2.75) is 20.8 Å². The Labute approximate surface area is 114 Å². The van der Waals surface area contributed by atoms with Crippen LogP contribution in [-0.4, -0.2) is 27.9 Å². The summed E-state index contributed by atoms with van der Waals surface area (Å²) in [6, 6.07) is 0.311. The average molecular weight is 357 g/mol. The molecule has 0 amide bonds. The summed E-state index contributed by atoms with van der Waals surface area (Å²) < 4.78 is 118. The van der Waals surface area contributed by atoms with Crippen LogP contribution < -0.4 is 5.73 Å². The third kappa shape index (κ3) is 2.92. The minimum atomic E-state index is -6.09. The quantitative estimate of drug-likeness (QED) is 0.644.